The number of rotatable bonds is 6. The van der Waals surface area contributed by atoms with Crippen LogP contribution in [-0.4, -0.2) is 48.2 Å². The summed E-state index contributed by atoms with van der Waals surface area (Å²) in [5, 5.41) is 0. The lowest BCUT2D eigenvalue weighted by atomic mass is 9.84. The largest absolute Gasteiger partial charge is 0.368 e. The normalized spacial score (nSPS) is 34.8. The average molecular weight is 441 g/mol. The molecule has 6 atom stereocenters. The molecule has 6 unspecified atom stereocenters. The number of fused-ring (bicyclic) bond motifs is 3. The van der Waals surface area contributed by atoms with Crippen LogP contribution in [0.4, 0.5) is 0 Å². The second-order valence-corrected chi connectivity index (χ2v) is 9.65. The fourth-order valence-electron chi connectivity index (χ4n) is 4.94. The molecule has 6 nitrogen and oxygen atoms in total. The van der Waals surface area contributed by atoms with Gasteiger partial charge in [-0.05, 0) is 38.8 Å². The molecule has 2 saturated heterocycles. The summed E-state index contributed by atoms with van der Waals surface area (Å²) in [4.78, 5) is 0. The van der Waals surface area contributed by atoms with E-state index in [2.05, 4.69) is 24.3 Å². The van der Waals surface area contributed by atoms with Crippen LogP contribution >= 0.6 is 0 Å². The van der Waals surface area contributed by atoms with Crippen molar-refractivity contribution in [2.24, 2.45) is 0 Å². The molecule has 0 aromatic heterocycles. The van der Waals surface area contributed by atoms with Gasteiger partial charge in [-0.3, -0.25) is 0 Å². The van der Waals surface area contributed by atoms with Crippen LogP contribution in [0.2, 0.25) is 0 Å². The Hall–Kier alpha value is -1.80. The Morgan fingerprint density at radius 3 is 1.28 bits per heavy atom. The summed E-state index contributed by atoms with van der Waals surface area (Å²) in [6.45, 7) is 8.60. The molecular formula is C26H32O6. The molecule has 2 heterocycles. The predicted molar refractivity (Wildman–Crippen MR) is 118 cm³/mol. The fourth-order valence-corrected chi connectivity index (χ4v) is 4.94. The number of benzene rings is 2. The van der Waals surface area contributed by atoms with E-state index in [1.807, 2.05) is 64.1 Å². The van der Waals surface area contributed by atoms with Crippen LogP contribution in [-0.2, 0) is 41.6 Å². The molecule has 3 fully saturated rings. The Kier molecular flexibility index (Phi) is 5.86. The van der Waals surface area contributed by atoms with Crippen LogP contribution in [0.25, 0.3) is 0 Å². The van der Waals surface area contributed by atoms with Crippen molar-refractivity contribution in [3.8, 4) is 0 Å². The minimum Gasteiger partial charge on any atom is -0.368 e. The van der Waals surface area contributed by atoms with E-state index in [1.165, 1.54) is 0 Å². The lowest BCUT2D eigenvalue weighted by molar-refractivity contribution is -0.211. The van der Waals surface area contributed by atoms with Gasteiger partial charge in [-0.1, -0.05) is 60.7 Å². The van der Waals surface area contributed by atoms with Gasteiger partial charge in [0.15, 0.2) is 11.6 Å². The van der Waals surface area contributed by atoms with Gasteiger partial charge in [-0.2, -0.15) is 0 Å². The summed E-state index contributed by atoms with van der Waals surface area (Å²) in [5.74, 6) is -1.47. The number of hydrogen-bond acceptors (Lipinski definition) is 6. The highest BCUT2D eigenvalue weighted by Crippen LogP contribution is 2.46. The van der Waals surface area contributed by atoms with Gasteiger partial charge in [0.05, 0.1) is 13.2 Å². The summed E-state index contributed by atoms with van der Waals surface area (Å²) in [5.41, 5.74) is 2.19. The third-order valence-electron chi connectivity index (χ3n) is 6.19. The van der Waals surface area contributed by atoms with Crippen molar-refractivity contribution in [3.63, 3.8) is 0 Å². The molecule has 172 valence electrons. The molecule has 3 aliphatic rings. The van der Waals surface area contributed by atoms with Crippen molar-refractivity contribution < 1.29 is 28.4 Å². The Balaban J connectivity index is 1.44. The molecule has 1 saturated carbocycles. The molecule has 2 aromatic rings. The molecule has 2 aromatic carbocycles. The highest BCUT2D eigenvalue weighted by molar-refractivity contribution is 5.16. The van der Waals surface area contributed by atoms with Crippen LogP contribution in [0.3, 0.4) is 0 Å². The maximum Gasteiger partial charge on any atom is 0.164 e. The standard InChI is InChI=1S/C26H32O6/c1-25(2)29-21-19(27-15-17-11-7-5-8-12-17)20(28-16-18-13-9-6-10-14-18)22-24(23(21)31-25)32-26(3,4)30-22/h5-14,19-24H,15-16H2,1-4H3. The lowest BCUT2D eigenvalue weighted by Crippen LogP contribution is -2.63. The van der Waals surface area contributed by atoms with Gasteiger partial charge in [0.1, 0.15) is 36.6 Å². The predicted octanol–water partition coefficient (Wildman–Crippen LogP) is 4.21. The van der Waals surface area contributed by atoms with Crippen molar-refractivity contribution in [1.82, 2.24) is 0 Å². The summed E-state index contributed by atoms with van der Waals surface area (Å²) in [6.07, 6.45) is -1.99. The van der Waals surface area contributed by atoms with Gasteiger partial charge >= 0.3 is 0 Å². The zero-order valence-corrected chi connectivity index (χ0v) is 19.1. The van der Waals surface area contributed by atoms with Crippen LogP contribution in [0.15, 0.2) is 60.7 Å². The minimum atomic E-state index is -0.737. The summed E-state index contributed by atoms with van der Waals surface area (Å²) in [6, 6.07) is 20.3. The van der Waals surface area contributed by atoms with Crippen LogP contribution < -0.4 is 0 Å². The molecule has 32 heavy (non-hydrogen) atoms. The molecule has 0 bridgehead atoms. The Morgan fingerprint density at radius 1 is 0.562 bits per heavy atom. The van der Waals surface area contributed by atoms with E-state index < -0.39 is 11.6 Å². The van der Waals surface area contributed by atoms with E-state index in [0.29, 0.717) is 13.2 Å². The van der Waals surface area contributed by atoms with Crippen LogP contribution in [0.1, 0.15) is 38.8 Å². The molecule has 6 heteroatoms. The Morgan fingerprint density at radius 2 is 0.906 bits per heavy atom. The van der Waals surface area contributed by atoms with Crippen LogP contribution in [0, 0.1) is 0 Å². The maximum atomic E-state index is 6.49. The van der Waals surface area contributed by atoms with E-state index in [0.717, 1.165) is 11.1 Å². The fraction of sp³-hybridized carbons (Fsp3) is 0.538. The molecule has 0 N–H and O–H groups in total. The van der Waals surface area contributed by atoms with Crippen molar-refractivity contribution in [2.45, 2.75) is 89.1 Å². The van der Waals surface area contributed by atoms with Gasteiger partial charge in [-0.25, -0.2) is 0 Å². The summed E-state index contributed by atoms with van der Waals surface area (Å²) >= 11 is 0. The second-order valence-electron chi connectivity index (χ2n) is 9.65. The van der Waals surface area contributed by atoms with Crippen molar-refractivity contribution in [3.05, 3.63) is 71.8 Å². The van der Waals surface area contributed by atoms with Gasteiger partial charge in [0, 0.05) is 0 Å². The summed E-state index contributed by atoms with van der Waals surface area (Å²) < 4.78 is 38.3. The number of ether oxygens (including phenoxy) is 6. The first-order valence-corrected chi connectivity index (χ1v) is 11.3. The SMILES string of the molecule is CC1(C)OC2C(OCc3ccccc3)C(OCc3ccccc3)C3OC(C)(C)OC3C2O1. The molecule has 2 aliphatic heterocycles. The molecule has 5 rings (SSSR count). The lowest BCUT2D eigenvalue weighted by Gasteiger charge is -2.42. The molecule has 1 aliphatic carbocycles. The highest BCUT2D eigenvalue weighted by atomic mass is 16.8. The zero-order chi connectivity index (χ0) is 22.3. The highest BCUT2D eigenvalue weighted by Gasteiger charge is 2.64. The van der Waals surface area contributed by atoms with E-state index >= 15 is 0 Å². The third-order valence-corrected chi connectivity index (χ3v) is 6.19. The topological polar surface area (TPSA) is 55.4 Å². The average Bonchev–Trinajstić information content (AvgIpc) is 3.27. The van der Waals surface area contributed by atoms with E-state index in [9.17, 15) is 0 Å². The Bertz CT molecular complexity index is 824. The van der Waals surface area contributed by atoms with Crippen molar-refractivity contribution in [1.29, 1.82) is 0 Å². The van der Waals surface area contributed by atoms with Crippen LogP contribution in [0.5, 0.6) is 0 Å². The van der Waals surface area contributed by atoms with E-state index in [4.69, 9.17) is 28.4 Å². The summed E-state index contributed by atoms with van der Waals surface area (Å²) in [7, 11) is 0. The van der Waals surface area contributed by atoms with Gasteiger partial charge in [0.2, 0.25) is 0 Å². The van der Waals surface area contributed by atoms with Gasteiger partial charge < -0.3 is 28.4 Å². The molecule has 0 amide bonds. The Labute approximate surface area is 189 Å². The number of hydrogen-bond donors (Lipinski definition) is 0. The monoisotopic (exact) mass is 440 g/mol. The van der Waals surface area contributed by atoms with E-state index in [1.54, 1.807) is 0 Å². The second kappa shape index (κ2) is 8.52. The maximum absolute atomic E-state index is 6.49. The van der Waals surface area contributed by atoms with Gasteiger partial charge in [-0.15, -0.1) is 0 Å². The first-order chi connectivity index (χ1) is 15.3. The smallest absolute Gasteiger partial charge is 0.164 e. The van der Waals surface area contributed by atoms with E-state index in [-0.39, 0.29) is 36.6 Å². The third kappa shape index (κ3) is 4.49. The first kappa shape index (κ1) is 22.0. The van der Waals surface area contributed by atoms with Crippen molar-refractivity contribution >= 4 is 0 Å². The molecule has 0 spiro atoms. The zero-order valence-electron chi connectivity index (χ0n) is 19.1. The van der Waals surface area contributed by atoms with Crippen molar-refractivity contribution in [2.75, 3.05) is 0 Å². The molecule has 0 radical (unpaired) electrons. The minimum absolute atomic E-state index is 0.297. The molecular weight excluding hydrogens is 408 g/mol. The first-order valence-electron chi connectivity index (χ1n) is 11.3. The van der Waals surface area contributed by atoms with Gasteiger partial charge in [0.25, 0.3) is 0 Å². The quantitative estimate of drug-likeness (QED) is 0.671.